The fraction of sp³-hybridized carbons (Fsp3) is 0.273. The topological polar surface area (TPSA) is 79.0 Å². The molecule has 0 bridgehead atoms. The number of rotatable bonds is 4. The van der Waals surface area contributed by atoms with E-state index in [-0.39, 0.29) is 27.5 Å². The first-order valence-electron chi connectivity index (χ1n) is 10.3. The molecule has 0 saturated carbocycles. The molecule has 2 heterocycles. The summed E-state index contributed by atoms with van der Waals surface area (Å²) < 4.78 is 69.3. The maximum Gasteiger partial charge on any atom is 0.280 e. The summed E-state index contributed by atoms with van der Waals surface area (Å²) >= 11 is 0. The first-order valence-corrected chi connectivity index (χ1v) is 10.3. The molecule has 2 aliphatic rings. The van der Waals surface area contributed by atoms with Crippen molar-refractivity contribution in [2.45, 2.75) is 26.2 Å². The first kappa shape index (κ1) is 23.3. The molecule has 0 radical (unpaired) electrons. The Morgan fingerprint density at radius 2 is 1.56 bits per heavy atom. The van der Waals surface area contributed by atoms with Crippen LogP contribution in [0.15, 0.2) is 28.9 Å². The highest BCUT2D eigenvalue weighted by Crippen LogP contribution is 2.35. The van der Waals surface area contributed by atoms with Gasteiger partial charge in [0.05, 0.1) is 16.2 Å². The molecule has 1 fully saturated rings. The fourth-order valence-corrected chi connectivity index (χ4v) is 3.96. The molecule has 0 atom stereocenters. The summed E-state index contributed by atoms with van der Waals surface area (Å²) in [5.41, 5.74) is -1.13. The number of amides is 1. The molecule has 1 amide bonds. The molecule has 34 heavy (non-hydrogen) atoms. The second-order valence-electron chi connectivity index (χ2n) is 7.83. The van der Waals surface area contributed by atoms with Crippen molar-refractivity contribution in [3.05, 3.63) is 68.5 Å². The number of carbonyl (C=O) groups is 1. The number of hydrogen-bond donors (Lipinski definition) is 0. The number of hydrogen-bond acceptors (Lipinski definition) is 5. The molecule has 0 spiro atoms. The zero-order valence-electron chi connectivity index (χ0n) is 17.7. The minimum Gasteiger partial charge on any atom is -0.371 e. The smallest absolute Gasteiger partial charge is 0.280 e. The Balaban J connectivity index is 1.80. The van der Waals surface area contributed by atoms with E-state index in [1.54, 1.807) is 6.07 Å². The Morgan fingerprint density at radius 1 is 0.971 bits per heavy atom. The molecule has 4 rings (SSSR count). The van der Waals surface area contributed by atoms with E-state index in [2.05, 4.69) is 5.10 Å². The van der Waals surface area contributed by atoms with Crippen LogP contribution < -0.4 is 9.91 Å². The predicted octanol–water partition coefficient (Wildman–Crippen LogP) is 5.09. The van der Waals surface area contributed by atoms with Crippen LogP contribution >= 0.6 is 0 Å². The molecule has 12 heteroatoms. The number of halogens is 5. The molecule has 0 unspecified atom stereocenters. The first-order chi connectivity index (χ1) is 16.1. The van der Waals surface area contributed by atoms with Crippen molar-refractivity contribution >= 4 is 34.8 Å². The Bertz CT molecular complexity index is 1240. The van der Waals surface area contributed by atoms with Crippen molar-refractivity contribution in [1.29, 1.82) is 0 Å². The third-order valence-electron chi connectivity index (χ3n) is 5.68. The molecular weight excluding hydrogens is 463 g/mol. The number of nitro groups is 1. The van der Waals surface area contributed by atoms with Gasteiger partial charge >= 0.3 is 0 Å². The molecule has 0 aliphatic carbocycles. The van der Waals surface area contributed by atoms with Crippen LogP contribution in [0.4, 0.5) is 39.0 Å². The van der Waals surface area contributed by atoms with Crippen molar-refractivity contribution in [2.24, 2.45) is 5.10 Å². The number of non-ortho nitro benzene ring substituents is 1. The van der Waals surface area contributed by atoms with Crippen molar-refractivity contribution in [2.75, 3.05) is 23.0 Å². The highest BCUT2D eigenvalue weighted by atomic mass is 19.2. The van der Waals surface area contributed by atoms with Crippen molar-refractivity contribution in [3.8, 4) is 0 Å². The Hall–Kier alpha value is -3.83. The minimum atomic E-state index is -2.36. The lowest BCUT2D eigenvalue weighted by Crippen LogP contribution is -2.30. The van der Waals surface area contributed by atoms with E-state index in [4.69, 9.17) is 0 Å². The molecule has 2 aliphatic heterocycles. The van der Waals surface area contributed by atoms with Crippen LogP contribution in [0.5, 0.6) is 0 Å². The molecule has 0 N–H and O–H groups in total. The van der Waals surface area contributed by atoms with Crippen LogP contribution in [0.1, 0.15) is 31.7 Å². The summed E-state index contributed by atoms with van der Waals surface area (Å²) in [5, 5.41) is 15.1. The molecule has 2 aromatic rings. The summed E-state index contributed by atoms with van der Waals surface area (Å²) in [6.07, 6.45) is 4.10. The number of hydrazone groups is 1. The summed E-state index contributed by atoms with van der Waals surface area (Å²) in [6, 6.07) is 4.12. The second kappa shape index (κ2) is 8.84. The van der Waals surface area contributed by atoms with Gasteiger partial charge in [-0.3, -0.25) is 14.9 Å². The lowest BCUT2D eigenvalue weighted by Gasteiger charge is -2.30. The fourth-order valence-electron chi connectivity index (χ4n) is 3.96. The van der Waals surface area contributed by atoms with Gasteiger partial charge in [0.1, 0.15) is 5.69 Å². The van der Waals surface area contributed by atoms with Crippen molar-refractivity contribution in [1.82, 2.24) is 0 Å². The molecular formula is C22H17F5N4O3. The van der Waals surface area contributed by atoms with Crippen LogP contribution in [-0.4, -0.2) is 29.6 Å². The predicted molar refractivity (Wildman–Crippen MR) is 114 cm³/mol. The van der Waals surface area contributed by atoms with E-state index in [1.165, 1.54) is 25.1 Å². The standard InChI is InChI=1S/C22H17F5N4O3/c1-11-14(22(32)30(28-11)21-19(26)17(24)16(23)18(25)20(21)27)10-12-9-13(31(33)34)5-6-15(12)29-7-3-2-4-8-29/h5-6,9-10H,2-4,7-8H2,1H3/b14-10+. The highest BCUT2D eigenvalue weighted by Gasteiger charge is 2.37. The third-order valence-corrected chi connectivity index (χ3v) is 5.68. The summed E-state index contributed by atoms with van der Waals surface area (Å²) in [6.45, 7) is 2.69. The quantitative estimate of drug-likeness (QED) is 0.153. The van der Waals surface area contributed by atoms with E-state index in [0.29, 0.717) is 18.8 Å². The average molecular weight is 480 g/mol. The van der Waals surface area contributed by atoms with Crippen LogP contribution in [0, 0.1) is 39.2 Å². The lowest BCUT2D eigenvalue weighted by molar-refractivity contribution is -0.384. The number of nitro benzene ring substituents is 1. The third kappa shape index (κ3) is 3.88. The van der Waals surface area contributed by atoms with Crippen LogP contribution in [0.3, 0.4) is 0 Å². The number of piperidine rings is 1. The number of carbonyl (C=O) groups excluding carboxylic acids is 1. The number of benzene rings is 2. The number of anilines is 2. The normalized spacial score (nSPS) is 17.5. The lowest BCUT2D eigenvalue weighted by atomic mass is 10.0. The van der Waals surface area contributed by atoms with Gasteiger partial charge < -0.3 is 4.90 Å². The Morgan fingerprint density at radius 3 is 2.15 bits per heavy atom. The van der Waals surface area contributed by atoms with E-state index in [1.807, 2.05) is 4.90 Å². The Labute approximate surface area is 189 Å². The van der Waals surface area contributed by atoms with Crippen LogP contribution in [0.25, 0.3) is 6.08 Å². The van der Waals surface area contributed by atoms with Gasteiger partial charge in [0, 0.05) is 36.5 Å². The van der Waals surface area contributed by atoms with Gasteiger partial charge in [-0.15, -0.1) is 0 Å². The minimum absolute atomic E-state index is 0.0648. The SMILES string of the molecule is CC1=NN(c2c(F)c(F)c(F)c(F)c2F)C(=O)/C1=C/c1cc([N+](=O)[O-])ccc1N1CCCCC1. The monoisotopic (exact) mass is 480 g/mol. The van der Waals surface area contributed by atoms with E-state index in [0.717, 1.165) is 19.3 Å². The zero-order chi connectivity index (χ0) is 24.7. The van der Waals surface area contributed by atoms with Crippen LogP contribution in [0.2, 0.25) is 0 Å². The average Bonchev–Trinajstić information content (AvgIpc) is 3.10. The molecule has 0 aromatic heterocycles. The van der Waals surface area contributed by atoms with Gasteiger partial charge in [-0.2, -0.15) is 10.1 Å². The van der Waals surface area contributed by atoms with Gasteiger partial charge in [-0.25, -0.2) is 22.0 Å². The van der Waals surface area contributed by atoms with E-state index < -0.39 is 45.6 Å². The van der Waals surface area contributed by atoms with Crippen molar-refractivity contribution < 1.29 is 31.7 Å². The maximum absolute atomic E-state index is 14.3. The zero-order valence-corrected chi connectivity index (χ0v) is 17.7. The number of nitrogens with zero attached hydrogens (tertiary/aromatic N) is 4. The van der Waals surface area contributed by atoms with E-state index in [9.17, 15) is 36.9 Å². The summed E-state index contributed by atoms with van der Waals surface area (Å²) in [5.74, 6) is -12.3. The maximum atomic E-state index is 14.3. The van der Waals surface area contributed by atoms with Crippen LogP contribution in [-0.2, 0) is 4.79 Å². The van der Waals surface area contributed by atoms with Gasteiger partial charge in [-0.1, -0.05) is 0 Å². The highest BCUT2D eigenvalue weighted by molar-refractivity contribution is 6.32. The summed E-state index contributed by atoms with van der Waals surface area (Å²) in [4.78, 5) is 25.6. The van der Waals surface area contributed by atoms with Gasteiger partial charge in [0.2, 0.25) is 5.82 Å². The summed E-state index contributed by atoms with van der Waals surface area (Å²) in [7, 11) is 0. The molecule has 1 saturated heterocycles. The van der Waals surface area contributed by atoms with Gasteiger partial charge in [0.25, 0.3) is 11.6 Å². The van der Waals surface area contributed by atoms with Crippen molar-refractivity contribution in [3.63, 3.8) is 0 Å². The van der Waals surface area contributed by atoms with Gasteiger partial charge in [-0.05, 0) is 38.3 Å². The largest absolute Gasteiger partial charge is 0.371 e. The molecule has 2 aromatic carbocycles. The second-order valence-corrected chi connectivity index (χ2v) is 7.83. The van der Waals surface area contributed by atoms with Gasteiger partial charge in [0.15, 0.2) is 23.3 Å². The Kier molecular flexibility index (Phi) is 6.07. The molecule has 178 valence electrons. The van der Waals surface area contributed by atoms with E-state index >= 15 is 0 Å². The molecule has 7 nitrogen and oxygen atoms in total.